The fraction of sp³-hybridized carbons (Fsp3) is 0. The normalized spacial score (nSPS) is 11.4. The third kappa shape index (κ3) is 2.27. The van der Waals surface area contributed by atoms with E-state index in [1.54, 1.807) is 23.7 Å². The summed E-state index contributed by atoms with van der Waals surface area (Å²) in [7, 11) is 0. The lowest BCUT2D eigenvalue weighted by Gasteiger charge is -2.01. The van der Waals surface area contributed by atoms with E-state index in [0.29, 0.717) is 21.1 Å². The van der Waals surface area contributed by atoms with Crippen LogP contribution in [0.4, 0.5) is 5.13 Å². The van der Waals surface area contributed by atoms with Crippen molar-refractivity contribution in [1.29, 1.82) is 0 Å². The lowest BCUT2D eigenvalue weighted by Crippen LogP contribution is -2.07. The van der Waals surface area contributed by atoms with Crippen molar-refractivity contribution >= 4 is 45.3 Å². The number of aromatic nitrogens is 2. The predicted octanol–water partition coefficient (Wildman–Crippen LogP) is 3.05. The van der Waals surface area contributed by atoms with E-state index in [1.165, 1.54) is 17.6 Å². The van der Waals surface area contributed by atoms with Gasteiger partial charge < -0.3 is 4.42 Å². The maximum atomic E-state index is 11.8. The van der Waals surface area contributed by atoms with Crippen LogP contribution < -0.4 is 5.63 Å². The van der Waals surface area contributed by atoms with Crippen LogP contribution >= 0.6 is 22.9 Å². The van der Waals surface area contributed by atoms with Gasteiger partial charge in [-0.25, -0.2) is 9.79 Å². The third-order valence-corrected chi connectivity index (χ3v) is 3.44. The highest BCUT2D eigenvalue weighted by Crippen LogP contribution is 2.24. The Bertz CT molecular complexity index is 811. The molecule has 3 rings (SSSR count). The first-order valence-corrected chi connectivity index (χ1v) is 6.53. The first-order chi connectivity index (χ1) is 9.25. The van der Waals surface area contributed by atoms with Gasteiger partial charge in [-0.1, -0.05) is 35.1 Å². The monoisotopic (exact) mass is 291 g/mol. The van der Waals surface area contributed by atoms with Gasteiger partial charge in [-0.3, -0.25) is 0 Å². The van der Waals surface area contributed by atoms with Gasteiger partial charge >= 0.3 is 5.63 Å². The highest BCUT2D eigenvalue weighted by Gasteiger charge is 2.10. The second kappa shape index (κ2) is 4.91. The van der Waals surface area contributed by atoms with Crippen LogP contribution in [-0.4, -0.2) is 16.4 Å². The summed E-state index contributed by atoms with van der Waals surface area (Å²) in [6, 6.07) is 7.06. The van der Waals surface area contributed by atoms with Crippen LogP contribution in [0.5, 0.6) is 0 Å². The van der Waals surface area contributed by atoms with Crippen LogP contribution in [0.2, 0.25) is 5.02 Å². The summed E-state index contributed by atoms with van der Waals surface area (Å²) < 4.78 is 5.18. The van der Waals surface area contributed by atoms with Crippen molar-refractivity contribution in [3.8, 4) is 0 Å². The molecule has 19 heavy (non-hydrogen) atoms. The Kier molecular flexibility index (Phi) is 3.10. The molecule has 0 saturated carbocycles. The third-order valence-electron chi connectivity index (χ3n) is 2.44. The number of benzene rings is 1. The van der Waals surface area contributed by atoms with Gasteiger partial charge in [0.2, 0.25) is 5.13 Å². The molecular weight excluding hydrogens is 286 g/mol. The summed E-state index contributed by atoms with van der Waals surface area (Å²) in [5, 5.41) is 8.83. The van der Waals surface area contributed by atoms with Gasteiger partial charge in [-0.05, 0) is 12.1 Å². The first-order valence-electron chi connectivity index (χ1n) is 5.27. The molecule has 1 aromatic carbocycles. The molecular formula is C12H6ClN3O2S. The van der Waals surface area contributed by atoms with Crippen LogP contribution in [-0.2, 0) is 0 Å². The maximum Gasteiger partial charge on any atom is 0.346 e. The lowest BCUT2D eigenvalue weighted by molar-refractivity contribution is 0.560. The molecule has 0 fully saturated rings. The number of rotatable bonds is 2. The van der Waals surface area contributed by atoms with Gasteiger partial charge in [0.1, 0.15) is 11.1 Å². The minimum atomic E-state index is -0.531. The molecule has 0 aliphatic heterocycles. The van der Waals surface area contributed by atoms with E-state index >= 15 is 0 Å². The second-order valence-corrected chi connectivity index (χ2v) is 4.78. The summed E-state index contributed by atoms with van der Waals surface area (Å²) in [6.07, 6.45) is 1.35. The van der Waals surface area contributed by atoms with Gasteiger partial charge in [0.25, 0.3) is 0 Å². The molecule has 0 amide bonds. The van der Waals surface area contributed by atoms with Gasteiger partial charge in [0.15, 0.2) is 0 Å². The van der Waals surface area contributed by atoms with Crippen LogP contribution in [0.25, 0.3) is 11.0 Å². The Morgan fingerprint density at radius 1 is 1.37 bits per heavy atom. The molecule has 0 bridgehead atoms. The molecule has 94 valence electrons. The molecule has 0 atom stereocenters. The van der Waals surface area contributed by atoms with Crippen molar-refractivity contribution in [2.45, 2.75) is 0 Å². The molecule has 0 aliphatic rings. The number of aliphatic imine (C=N–C) groups is 1. The molecule has 0 unspecified atom stereocenters. The van der Waals surface area contributed by atoms with E-state index in [2.05, 4.69) is 15.2 Å². The molecule has 0 N–H and O–H groups in total. The minimum Gasteiger partial charge on any atom is -0.422 e. The Morgan fingerprint density at radius 3 is 3.00 bits per heavy atom. The van der Waals surface area contributed by atoms with E-state index in [4.69, 9.17) is 16.0 Å². The summed E-state index contributed by atoms with van der Waals surface area (Å²) in [6.45, 7) is 0. The van der Waals surface area contributed by atoms with E-state index < -0.39 is 5.63 Å². The Labute approximate surface area is 116 Å². The van der Waals surface area contributed by atoms with Gasteiger partial charge in [0, 0.05) is 11.6 Å². The molecule has 5 nitrogen and oxygen atoms in total. The zero-order valence-corrected chi connectivity index (χ0v) is 11.0. The number of nitrogens with zero attached hydrogens (tertiary/aromatic N) is 3. The summed E-state index contributed by atoms with van der Waals surface area (Å²) in [4.78, 5) is 15.9. The predicted molar refractivity (Wildman–Crippen MR) is 74.7 cm³/mol. The topological polar surface area (TPSA) is 68.3 Å². The number of fused-ring (bicyclic) bond motifs is 1. The standard InChI is InChI=1S/C12H6ClN3O2S/c13-10-7-3-1-2-4-9(7)18-11(17)8(10)5-14-12-16-15-6-19-12/h1-6H/b14-5+. The van der Waals surface area contributed by atoms with Crippen molar-refractivity contribution in [3.05, 3.63) is 50.8 Å². The average molecular weight is 292 g/mol. The summed E-state index contributed by atoms with van der Waals surface area (Å²) in [5.41, 5.74) is 1.68. The van der Waals surface area contributed by atoms with E-state index in [-0.39, 0.29) is 5.56 Å². The van der Waals surface area contributed by atoms with Crippen molar-refractivity contribution in [2.24, 2.45) is 4.99 Å². The van der Waals surface area contributed by atoms with Crippen molar-refractivity contribution in [1.82, 2.24) is 10.2 Å². The van der Waals surface area contributed by atoms with Gasteiger partial charge in [0.05, 0.1) is 10.6 Å². The molecule has 0 saturated heterocycles. The molecule has 3 aromatic rings. The number of hydrogen-bond acceptors (Lipinski definition) is 6. The maximum absolute atomic E-state index is 11.8. The fourth-order valence-electron chi connectivity index (χ4n) is 1.58. The highest BCUT2D eigenvalue weighted by atomic mass is 35.5. The molecule has 2 heterocycles. The first kappa shape index (κ1) is 12.0. The smallest absolute Gasteiger partial charge is 0.346 e. The van der Waals surface area contributed by atoms with Crippen molar-refractivity contribution < 1.29 is 4.42 Å². The largest absolute Gasteiger partial charge is 0.422 e. The quantitative estimate of drug-likeness (QED) is 0.537. The number of para-hydroxylation sites is 1. The van der Waals surface area contributed by atoms with Crippen LogP contribution in [0.15, 0.2) is 44.0 Å². The SMILES string of the molecule is O=c1oc2ccccc2c(Cl)c1/C=N/c1nncs1. The van der Waals surface area contributed by atoms with E-state index in [0.717, 1.165) is 0 Å². The number of hydrogen-bond donors (Lipinski definition) is 0. The molecule has 2 aromatic heterocycles. The zero-order chi connectivity index (χ0) is 13.2. The van der Waals surface area contributed by atoms with Crippen molar-refractivity contribution in [3.63, 3.8) is 0 Å². The van der Waals surface area contributed by atoms with Crippen LogP contribution in [0, 0.1) is 0 Å². The molecule has 7 heteroatoms. The minimum absolute atomic E-state index is 0.204. The van der Waals surface area contributed by atoms with Crippen LogP contribution in [0.3, 0.4) is 0 Å². The van der Waals surface area contributed by atoms with E-state index in [9.17, 15) is 4.79 Å². The second-order valence-electron chi connectivity index (χ2n) is 3.59. The lowest BCUT2D eigenvalue weighted by atomic mass is 10.2. The molecule has 0 spiro atoms. The molecule has 0 radical (unpaired) electrons. The number of halogens is 1. The van der Waals surface area contributed by atoms with Gasteiger partial charge in [-0.2, -0.15) is 0 Å². The average Bonchev–Trinajstić information content (AvgIpc) is 2.92. The highest BCUT2D eigenvalue weighted by molar-refractivity contribution is 7.13. The van der Waals surface area contributed by atoms with E-state index in [1.807, 2.05) is 6.07 Å². The summed E-state index contributed by atoms with van der Waals surface area (Å²) in [5.74, 6) is 0. The Balaban J connectivity index is 2.16. The zero-order valence-electron chi connectivity index (χ0n) is 9.41. The summed E-state index contributed by atoms with van der Waals surface area (Å²) >= 11 is 7.46. The van der Waals surface area contributed by atoms with Crippen molar-refractivity contribution in [2.75, 3.05) is 0 Å². The molecule has 0 aliphatic carbocycles. The Hall–Kier alpha value is -2.05. The van der Waals surface area contributed by atoms with Crippen LogP contribution in [0.1, 0.15) is 5.56 Å². The fourth-order valence-corrected chi connectivity index (χ4v) is 2.26. The van der Waals surface area contributed by atoms with Gasteiger partial charge in [-0.15, -0.1) is 10.2 Å². The Morgan fingerprint density at radius 2 is 2.21 bits per heavy atom.